The second-order valence-corrected chi connectivity index (χ2v) is 4.24. The van der Waals surface area contributed by atoms with Crippen LogP contribution < -0.4 is 16.0 Å². The largest absolute Gasteiger partial charge is 0.373 e. The number of nitrogens with one attached hydrogen (secondary N) is 3. The fourth-order valence-corrected chi connectivity index (χ4v) is 1.52. The number of hydrogen-bond donors (Lipinski definition) is 3. The van der Waals surface area contributed by atoms with Gasteiger partial charge < -0.3 is 16.0 Å². The summed E-state index contributed by atoms with van der Waals surface area (Å²) >= 11 is 5.90. The highest BCUT2D eigenvalue weighted by Crippen LogP contribution is 2.17. The van der Waals surface area contributed by atoms with E-state index in [1.54, 1.807) is 7.05 Å². The molecule has 0 radical (unpaired) electrons. The SMILES string of the molecule is CCCNC(=O)CNC(=O)c1cc(NC)ncc1Cl. The van der Waals surface area contributed by atoms with E-state index in [9.17, 15) is 9.59 Å². The van der Waals surface area contributed by atoms with Crippen LogP contribution >= 0.6 is 11.6 Å². The number of anilines is 1. The fraction of sp³-hybridized carbons (Fsp3) is 0.417. The van der Waals surface area contributed by atoms with Crippen molar-refractivity contribution >= 4 is 29.2 Å². The Bertz CT molecular complexity index is 465. The molecule has 1 heterocycles. The number of carbonyl (C=O) groups excluding carboxylic acids is 2. The van der Waals surface area contributed by atoms with E-state index in [0.717, 1.165) is 6.42 Å². The lowest BCUT2D eigenvalue weighted by Crippen LogP contribution is -2.37. The number of halogens is 1. The van der Waals surface area contributed by atoms with Crippen LogP contribution in [0.15, 0.2) is 12.3 Å². The Morgan fingerprint density at radius 1 is 1.37 bits per heavy atom. The first-order valence-corrected chi connectivity index (χ1v) is 6.34. The van der Waals surface area contributed by atoms with Crippen LogP contribution in [0, 0.1) is 0 Å². The second-order valence-electron chi connectivity index (χ2n) is 3.83. The third-order valence-electron chi connectivity index (χ3n) is 2.34. The predicted molar refractivity (Wildman–Crippen MR) is 74.4 cm³/mol. The van der Waals surface area contributed by atoms with E-state index in [2.05, 4.69) is 20.9 Å². The fourth-order valence-electron chi connectivity index (χ4n) is 1.33. The maximum atomic E-state index is 11.9. The Kier molecular flexibility index (Phi) is 6.08. The van der Waals surface area contributed by atoms with E-state index in [0.29, 0.717) is 12.4 Å². The summed E-state index contributed by atoms with van der Waals surface area (Å²) in [7, 11) is 1.69. The monoisotopic (exact) mass is 284 g/mol. The number of rotatable bonds is 6. The molecule has 0 fully saturated rings. The summed E-state index contributed by atoms with van der Waals surface area (Å²) in [6.07, 6.45) is 2.24. The smallest absolute Gasteiger partial charge is 0.253 e. The van der Waals surface area contributed by atoms with Gasteiger partial charge in [-0.1, -0.05) is 18.5 Å². The third-order valence-corrected chi connectivity index (χ3v) is 2.64. The number of amides is 2. The highest BCUT2D eigenvalue weighted by atomic mass is 35.5. The van der Waals surface area contributed by atoms with E-state index in [4.69, 9.17) is 11.6 Å². The van der Waals surface area contributed by atoms with Gasteiger partial charge in [0.15, 0.2) is 0 Å². The van der Waals surface area contributed by atoms with Crippen molar-refractivity contribution in [2.45, 2.75) is 13.3 Å². The molecular formula is C12H17ClN4O2. The molecule has 0 aromatic carbocycles. The third kappa shape index (κ3) is 4.75. The molecule has 1 rings (SSSR count). The summed E-state index contributed by atoms with van der Waals surface area (Å²) in [6.45, 7) is 2.47. The predicted octanol–water partition coefficient (Wildman–Crippen LogP) is 1.03. The molecule has 7 heteroatoms. The van der Waals surface area contributed by atoms with Gasteiger partial charge in [-0.3, -0.25) is 9.59 Å². The minimum Gasteiger partial charge on any atom is -0.373 e. The van der Waals surface area contributed by atoms with Gasteiger partial charge in [-0.05, 0) is 12.5 Å². The minimum atomic E-state index is -0.407. The van der Waals surface area contributed by atoms with Crippen molar-refractivity contribution in [2.24, 2.45) is 0 Å². The van der Waals surface area contributed by atoms with Crippen molar-refractivity contribution in [3.8, 4) is 0 Å². The van der Waals surface area contributed by atoms with Crippen molar-refractivity contribution in [2.75, 3.05) is 25.5 Å². The first-order chi connectivity index (χ1) is 9.08. The maximum absolute atomic E-state index is 11.9. The topological polar surface area (TPSA) is 83.1 Å². The molecule has 0 bridgehead atoms. The normalized spacial score (nSPS) is 9.84. The van der Waals surface area contributed by atoms with Crippen LogP contribution in [-0.4, -0.2) is 36.9 Å². The van der Waals surface area contributed by atoms with Crippen LogP contribution in [0.5, 0.6) is 0 Å². The minimum absolute atomic E-state index is 0.0770. The molecule has 6 nitrogen and oxygen atoms in total. The number of pyridine rings is 1. The van der Waals surface area contributed by atoms with Gasteiger partial charge in [-0.2, -0.15) is 0 Å². The van der Waals surface area contributed by atoms with Gasteiger partial charge in [0, 0.05) is 19.8 Å². The summed E-state index contributed by atoms with van der Waals surface area (Å²) in [5, 5.41) is 8.23. The summed E-state index contributed by atoms with van der Waals surface area (Å²) < 4.78 is 0. The summed E-state index contributed by atoms with van der Waals surface area (Å²) in [5.74, 6) is -0.102. The van der Waals surface area contributed by atoms with Gasteiger partial charge in [0.1, 0.15) is 5.82 Å². The van der Waals surface area contributed by atoms with Crippen LogP contribution in [0.1, 0.15) is 23.7 Å². The molecular weight excluding hydrogens is 268 g/mol. The van der Waals surface area contributed by atoms with E-state index in [1.165, 1.54) is 12.3 Å². The van der Waals surface area contributed by atoms with Crippen molar-refractivity contribution in [3.63, 3.8) is 0 Å². The molecule has 0 aliphatic heterocycles. The Morgan fingerprint density at radius 3 is 2.74 bits per heavy atom. The van der Waals surface area contributed by atoms with Crippen LogP contribution in [0.3, 0.4) is 0 Å². The Hall–Kier alpha value is -1.82. The van der Waals surface area contributed by atoms with E-state index in [1.807, 2.05) is 6.92 Å². The highest BCUT2D eigenvalue weighted by molar-refractivity contribution is 6.33. The number of carbonyl (C=O) groups is 2. The highest BCUT2D eigenvalue weighted by Gasteiger charge is 2.12. The van der Waals surface area contributed by atoms with E-state index < -0.39 is 5.91 Å². The second kappa shape index (κ2) is 7.58. The number of nitrogens with zero attached hydrogens (tertiary/aromatic N) is 1. The lowest BCUT2D eigenvalue weighted by atomic mass is 10.2. The first-order valence-electron chi connectivity index (χ1n) is 5.96. The van der Waals surface area contributed by atoms with E-state index >= 15 is 0 Å². The van der Waals surface area contributed by atoms with E-state index in [-0.39, 0.29) is 23.0 Å². The van der Waals surface area contributed by atoms with Gasteiger partial charge in [0.05, 0.1) is 17.1 Å². The van der Waals surface area contributed by atoms with Gasteiger partial charge >= 0.3 is 0 Å². The zero-order valence-corrected chi connectivity index (χ0v) is 11.7. The molecule has 0 unspecified atom stereocenters. The van der Waals surface area contributed by atoms with Gasteiger partial charge in [-0.25, -0.2) is 4.98 Å². The maximum Gasteiger partial charge on any atom is 0.253 e. The van der Waals surface area contributed by atoms with Gasteiger partial charge in [-0.15, -0.1) is 0 Å². The molecule has 2 amide bonds. The zero-order chi connectivity index (χ0) is 14.3. The molecule has 0 saturated carbocycles. The quantitative estimate of drug-likeness (QED) is 0.729. The van der Waals surface area contributed by atoms with Crippen molar-refractivity contribution in [3.05, 3.63) is 22.8 Å². The molecule has 0 atom stereocenters. The molecule has 1 aromatic heterocycles. The first kappa shape index (κ1) is 15.2. The Labute approximate surface area is 116 Å². The zero-order valence-electron chi connectivity index (χ0n) is 10.9. The summed E-state index contributed by atoms with van der Waals surface area (Å²) in [5.41, 5.74) is 0.282. The number of aromatic nitrogens is 1. The standard InChI is InChI=1S/C12H17ClN4O2/c1-3-4-15-11(18)7-17-12(19)8-5-10(14-2)16-6-9(8)13/h5-6H,3-4,7H2,1-2H3,(H,14,16)(H,15,18)(H,17,19). The Balaban J connectivity index is 2.60. The number of hydrogen-bond acceptors (Lipinski definition) is 4. The van der Waals surface area contributed by atoms with Crippen molar-refractivity contribution in [1.82, 2.24) is 15.6 Å². The summed E-state index contributed by atoms with van der Waals surface area (Å²) in [6, 6.07) is 1.53. The van der Waals surface area contributed by atoms with Crippen LogP contribution in [0.2, 0.25) is 5.02 Å². The molecule has 1 aromatic rings. The average molecular weight is 285 g/mol. The summed E-state index contributed by atoms with van der Waals surface area (Å²) in [4.78, 5) is 27.2. The van der Waals surface area contributed by atoms with Crippen LogP contribution in [-0.2, 0) is 4.79 Å². The molecule has 3 N–H and O–H groups in total. The van der Waals surface area contributed by atoms with Crippen molar-refractivity contribution < 1.29 is 9.59 Å². The van der Waals surface area contributed by atoms with Gasteiger partial charge in [0.2, 0.25) is 5.91 Å². The molecule has 0 spiro atoms. The molecule has 19 heavy (non-hydrogen) atoms. The Morgan fingerprint density at radius 2 is 2.11 bits per heavy atom. The average Bonchev–Trinajstić information content (AvgIpc) is 2.43. The molecule has 104 valence electrons. The van der Waals surface area contributed by atoms with Crippen LogP contribution in [0.25, 0.3) is 0 Å². The lowest BCUT2D eigenvalue weighted by molar-refractivity contribution is -0.120. The molecule has 0 saturated heterocycles. The van der Waals surface area contributed by atoms with Crippen LogP contribution in [0.4, 0.5) is 5.82 Å². The molecule has 0 aliphatic rings. The van der Waals surface area contributed by atoms with Crippen molar-refractivity contribution in [1.29, 1.82) is 0 Å². The van der Waals surface area contributed by atoms with Gasteiger partial charge in [0.25, 0.3) is 5.91 Å². The lowest BCUT2D eigenvalue weighted by Gasteiger charge is -2.08. The molecule has 0 aliphatic carbocycles.